The molecule has 0 radical (unpaired) electrons. The third kappa shape index (κ3) is 3.55. The van der Waals surface area contributed by atoms with Crippen LogP contribution in [0.15, 0.2) is 65.8 Å². The molecule has 1 aliphatic heterocycles. The van der Waals surface area contributed by atoms with Crippen molar-refractivity contribution >= 4 is 29.3 Å². The highest BCUT2D eigenvalue weighted by Crippen LogP contribution is 2.19. The molecule has 1 heterocycles. The molecule has 2 rings (SSSR count). The molecule has 4 amide bonds. The van der Waals surface area contributed by atoms with Gasteiger partial charge in [-0.25, -0.2) is 4.90 Å². The highest BCUT2D eigenvalue weighted by molar-refractivity contribution is 6.25. The van der Waals surface area contributed by atoms with Crippen molar-refractivity contribution < 1.29 is 19.2 Å². The normalized spacial score (nSPS) is 14.1. The first kappa shape index (κ1) is 17.1. The van der Waals surface area contributed by atoms with Crippen LogP contribution in [0, 0.1) is 0 Å². The lowest BCUT2D eigenvalue weighted by Crippen LogP contribution is -2.38. The van der Waals surface area contributed by atoms with Gasteiger partial charge in [0.2, 0.25) is 0 Å². The Morgan fingerprint density at radius 3 is 2.21 bits per heavy atom. The van der Waals surface area contributed by atoms with Gasteiger partial charge < -0.3 is 0 Å². The number of hydrogen-bond acceptors (Lipinski definition) is 4. The van der Waals surface area contributed by atoms with E-state index in [4.69, 9.17) is 0 Å². The second kappa shape index (κ2) is 6.87. The molecule has 0 fully saturated rings. The summed E-state index contributed by atoms with van der Waals surface area (Å²) in [4.78, 5) is 48.8. The Balaban J connectivity index is 2.39. The van der Waals surface area contributed by atoms with Crippen LogP contribution < -0.4 is 10.2 Å². The Labute approximate surface area is 139 Å². The quantitative estimate of drug-likeness (QED) is 0.674. The maximum atomic E-state index is 12.7. The molecule has 0 saturated carbocycles. The van der Waals surface area contributed by atoms with Gasteiger partial charge in [-0.2, -0.15) is 0 Å². The number of rotatable bonds is 4. The number of imide groups is 2. The molecule has 122 valence electrons. The van der Waals surface area contributed by atoms with Crippen molar-refractivity contribution in [3.05, 3.63) is 65.8 Å². The summed E-state index contributed by atoms with van der Waals surface area (Å²) >= 11 is 0. The third-order valence-electron chi connectivity index (χ3n) is 3.28. The lowest BCUT2D eigenvalue weighted by atomic mass is 10.1. The van der Waals surface area contributed by atoms with Crippen molar-refractivity contribution in [2.24, 2.45) is 0 Å². The summed E-state index contributed by atoms with van der Waals surface area (Å²) in [6, 6.07) is 8.41. The number of anilines is 1. The number of carbonyl (C=O) groups excluding carboxylic acids is 4. The van der Waals surface area contributed by atoms with Gasteiger partial charge in [-0.05, 0) is 32.1 Å². The number of carbonyl (C=O) groups is 4. The lowest BCUT2D eigenvalue weighted by molar-refractivity contribution is -0.124. The zero-order valence-corrected chi connectivity index (χ0v) is 13.3. The molecule has 24 heavy (non-hydrogen) atoms. The molecule has 0 aliphatic carbocycles. The standard InChI is InChI=1S/C18H16N2O4/c1-11(2)17(23)20(14-7-5-4-6-8-14)18(24)12(3)9-13-10-15(21)19-16(13)22/h4-10H,1H2,2-3H3,(H,19,21,22). The minimum Gasteiger partial charge on any atom is -0.289 e. The van der Waals surface area contributed by atoms with Crippen LogP contribution in [-0.4, -0.2) is 23.6 Å². The SMILES string of the molecule is C=C(C)C(=O)N(C(=O)C(C)=CC1=CC(=O)NC1=O)c1ccccc1. The second-order valence-corrected chi connectivity index (χ2v) is 5.31. The highest BCUT2D eigenvalue weighted by atomic mass is 16.2. The van der Waals surface area contributed by atoms with E-state index in [2.05, 4.69) is 11.9 Å². The molecule has 0 unspecified atom stereocenters. The van der Waals surface area contributed by atoms with E-state index in [9.17, 15) is 19.2 Å². The predicted octanol–water partition coefficient (Wildman–Crippen LogP) is 1.65. The summed E-state index contributed by atoms with van der Waals surface area (Å²) < 4.78 is 0. The molecule has 1 aromatic rings. The lowest BCUT2D eigenvalue weighted by Gasteiger charge is -2.21. The van der Waals surface area contributed by atoms with E-state index in [1.807, 2.05) is 0 Å². The minimum absolute atomic E-state index is 0.0710. The topological polar surface area (TPSA) is 83.6 Å². The predicted molar refractivity (Wildman–Crippen MR) is 88.7 cm³/mol. The Morgan fingerprint density at radius 2 is 1.71 bits per heavy atom. The van der Waals surface area contributed by atoms with E-state index >= 15 is 0 Å². The van der Waals surface area contributed by atoms with Crippen LogP contribution in [0.2, 0.25) is 0 Å². The molecule has 0 spiro atoms. The first-order valence-corrected chi connectivity index (χ1v) is 7.16. The molecule has 0 bridgehead atoms. The van der Waals surface area contributed by atoms with Gasteiger partial charge in [0.05, 0.1) is 5.69 Å². The number of nitrogens with one attached hydrogen (secondary N) is 1. The monoisotopic (exact) mass is 324 g/mol. The van der Waals surface area contributed by atoms with Gasteiger partial charge in [-0.3, -0.25) is 24.5 Å². The fraction of sp³-hybridized carbons (Fsp3) is 0.111. The number of para-hydroxylation sites is 1. The summed E-state index contributed by atoms with van der Waals surface area (Å²) in [5, 5.41) is 2.09. The van der Waals surface area contributed by atoms with Crippen molar-refractivity contribution in [2.75, 3.05) is 4.90 Å². The van der Waals surface area contributed by atoms with Crippen molar-refractivity contribution in [1.82, 2.24) is 5.32 Å². The highest BCUT2D eigenvalue weighted by Gasteiger charge is 2.26. The molecule has 6 heteroatoms. The Morgan fingerprint density at radius 1 is 1.08 bits per heavy atom. The largest absolute Gasteiger partial charge is 0.289 e. The summed E-state index contributed by atoms with van der Waals surface area (Å²) in [7, 11) is 0. The van der Waals surface area contributed by atoms with Gasteiger partial charge in [0.15, 0.2) is 0 Å². The van der Waals surface area contributed by atoms with Gasteiger partial charge in [-0.15, -0.1) is 0 Å². The first-order valence-electron chi connectivity index (χ1n) is 7.16. The maximum Gasteiger partial charge on any atom is 0.260 e. The van der Waals surface area contributed by atoms with Crippen LogP contribution in [0.1, 0.15) is 13.8 Å². The van der Waals surface area contributed by atoms with Crippen LogP contribution in [0.4, 0.5) is 5.69 Å². The van der Waals surface area contributed by atoms with Crippen LogP contribution in [0.5, 0.6) is 0 Å². The van der Waals surface area contributed by atoms with E-state index in [-0.39, 0.29) is 16.7 Å². The van der Waals surface area contributed by atoms with E-state index < -0.39 is 23.6 Å². The number of benzene rings is 1. The number of nitrogens with zero attached hydrogens (tertiary/aromatic N) is 1. The van der Waals surface area contributed by atoms with Crippen LogP contribution in [0.25, 0.3) is 0 Å². The van der Waals surface area contributed by atoms with Crippen LogP contribution in [-0.2, 0) is 19.2 Å². The summed E-state index contributed by atoms with van der Waals surface area (Å²) in [5.41, 5.74) is 0.809. The maximum absolute atomic E-state index is 12.7. The van der Waals surface area contributed by atoms with Gasteiger partial charge in [0.1, 0.15) is 0 Å². The third-order valence-corrected chi connectivity index (χ3v) is 3.28. The second-order valence-electron chi connectivity index (χ2n) is 5.31. The van der Waals surface area contributed by atoms with Crippen molar-refractivity contribution in [2.45, 2.75) is 13.8 Å². The minimum atomic E-state index is -0.595. The van der Waals surface area contributed by atoms with Gasteiger partial charge in [0, 0.05) is 22.8 Å². The molecule has 6 nitrogen and oxygen atoms in total. The Kier molecular flexibility index (Phi) is 4.89. The summed E-state index contributed by atoms with van der Waals surface area (Å²) in [6.45, 7) is 6.57. The summed E-state index contributed by atoms with van der Waals surface area (Å²) in [6.07, 6.45) is 2.39. The average molecular weight is 324 g/mol. The van der Waals surface area contributed by atoms with Crippen LogP contribution >= 0.6 is 0 Å². The molecular weight excluding hydrogens is 308 g/mol. The molecule has 0 atom stereocenters. The van der Waals surface area contributed by atoms with E-state index in [1.54, 1.807) is 30.3 Å². The van der Waals surface area contributed by atoms with Gasteiger partial charge >= 0.3 is 0 Å². The fourth-order valence-corrected chi connectivity index (χ4v) is 2.10. The Hall–Kier alpha value is -3.28. The zero-order chi connectivity index (χ0) is 17.9. The molecule has 1 N–H and O–H groups in total. The Bertz CT molecular complexity index is 804. The molecule has 0 aromatic heterocycles. The number of hydrogen-bond donors (Lipinski definition) is 1. The smallest absolute Gasteiger partial charge is 0.260 e. The van der Waals surface area contributed by atoms with Gasteiger partial charge in [0.25, 0.3) is 23.6 Å². The number of amides is 4. The first-order chi connectivity index (χ1) is 11.3. The van der Waals surface area contributed by atoms with E-state index in [1.165, 1.54) is 19.9 Å². The average Bonchev–Trinajstić information content (AvgIpc) is 2.85. The summed E-state index contributed by atoms with van der Waals surface area (Å²) in [5.74, 6) is -2.25. The van der Waals surface area contributed by atoms with Crippen molar-refractivity contribution in [1.29, 1.82) is 0 Å². The van der Waals surface area contributed by atoms with Gasteiger partial charge in [-0.1, -0.05) is 24.8 Å². The van der Waals surface area contributed by atoms with Crippen molar-refractivity contribution in [3.8, 4) is 0 Å². The zero-order valence-electron chi connectivity index (χ0n) is 13.3. The molecule has 1 aliphatic rings. The van der Waals surface area contributed by atoms with Crippen molar-refractivity contribution in [3.63, 3.8) is 0 Å². The van der Waals surface area contributed by atoms with E-state index in [0.29, 0.717) is 5.69 Å². The molecular formula is C18H16N2O4. The molecule has 0 saturated heterocycles. The van der Waals surface area contributed by atoms with Crippen LogP contribution in [0.3, 0.4) is 0 Å². The fourth-order valence-electron chi connectivity index (χ4n) is 2.10. The van der Waals surface area contributed by atoms with E-state index in [0.717, 1.165) is 11.0 Å². The molecule has 1 aromatic carbocycles.